The topological polar surface area (TPSA) is 29.1 Å². The first-order valence-electron chi connectivity index (χ1n) is 8.83. The maximum absolute atomic E-state index is 11.5. The number of hydrogen-bond donors (Lipinski definition) is 1. The van der Waals surface area contributed by atoms with Crippen LogP contribution in [0.1, 0.15) is 49.8 Å². The van der Waals surface area contributed by atoms with Gasteiger partial charge in [0, 0.05) is 40.0 Å². The van der Waals surface area contributed by atoms with E-state index in [0.29, 0.717) is 6.04 Å². The van der Waals surface area contributed by atoms with Crippen LogP contribution < -0.4 is 5.32 Å². The lowest BCUT2D eigenvalue weighted by Crippen LogP contribution is -2.37. The van der Waals surface area contributed by atoms with Crippen molar-refractivity contribution in [2.45, 2.75) is 49.0 Å². The summed E-state index contributed by atoms with van der Waals surface area (Å²) in [6.07, 6.45) is 6.90. The fraction of sp³-hybridized carbons (Fsp3) is 0.429. The first kappa shape index (κ1) is 17.4. The number of rotatable bonds is 6. The van der Waals surface area contributed by atoms with E-state index >= 15 is 0 Å². The Balaban J connectivity index is 1.70. The van der Waals surface area contributed by atoms with E-state index in [0.717, 1.165) is 11.4 Å². The molecule has 1 saturated carbocycles. The molecule has 2 atom stereocenters. The summed E-state index contributed by atoms with van der Waals surface area (Å²) in [6.45, 7) is 3.23. The molecular formula is C21H27NOS. The van der Waals surface area contributed by atoms with E-state index < -0.39 is 10.8 Å². The minimum absolute atomic E-state index is 0.278. The molecule has 24 heavy (non-hydrogen) atoms. The van der Waals surface area contributed by atoms with Crippen LogP contribution in [0.5, 0.6) is 0 Å². The third kappa shape index (κ3) is 3.79. The molecule has 1 fully saturated rings. The van der Waals surface area contributed by atoms with Crippen LogP contribution in [-0.2, 0) is 16.2 Å². The molecular weight excluding hydrogens is 314 g/mol. The van der Waals surface area contributed by atoms with Crippen LogP contribution in [-0.4, -0.2) is 17.0 Å². The Morgan fingerprint density at radius 2 is 1.67 bits per heavy atom. The zero-order valence-corrected chi connectivity index (χ0v) is 15.4. The van der Waals surface area contributed by atoms with Gasteiger partial charge in [0.25, 0.3) is 0 Å². The van der Waals surface area contributed by atoms with Gasteiger partial charge in [0.15, 0.2) is 0 Å². The van der Waals surface area contributed by atoms with Crippen molar-refractivity contribution in [2.24, 2.45) is 0 Å². The summed E-state index contributed by atoms with van der Waals surface area (Å²) in [6, 6.07) is 19.4. The van der Waals surface area contributed by atoms with Crippen molar-refractivity contribution < 1.29 is 4.21 Å². The Labute approximate surface area is 148 Å². The normalized spacial score (nSPS) is 19.1. The van der Waals surface area contributed by atoms with Crippen LogP contribution in [0.3, 0.4) is 0 Å². The Morgan fingerprint density at radius 3 is 2.25 bits per heavy atom. The molecule has 0 heterocycles. The summed E-state index contributed by atoms with van der Waals surface area (Å²) in [4.78, 5) is 0.891. The van der Waals surface area contributed by atoms with Crippen molar-refractivity contribution in [1.29, 1.82) is 0 Å². The molecule has 0 aromatic heterocycles. The van der Waals surface area contributed by atoms with Gasteiger partial charge in [0.05, 0.1) is 0 Å². The Bertz CT molecular complexity index is 675. The number of hydrogen-bond acceptors (Lipinski definition) is 2. The maximum atomic E-state index is 11.5. The van der Waals surface area contributed by atoms with Crippen LogP contribution in [0.4, 0.5) is 0 Å². The lowest BCUT2D eigenvalue weighted by atomic mass is 9.78. The van der Waals surface area contributed by atoms with Crippen molar-refractivity contribution >= 4 is 10.8 Å². The molecule has 0 aliphatic heterocycles. The van der Waals surface area contributed by atoms with Crippen LogP contribution in [0.25, 0.3) is 0 Å². The van der Waals surface area contributed by atoms with Gasteiger partial charge in [0.1, 0.15) is 0 Å². The fourth-order valence-electron chi connectivity index (χ4n) is 3.83. The molecule has 0 saturated heterocycles. The van der Waals surface area contributed by atoms with Gasteiger partial charge in [-0.25, -0.2) is 0 Å². The molecule has 3 rings (SSSR count). The van der Waals surface area contributed by atoms with Gasteiger partial charge in [-0.1, -0.05) is 55.3 Å². The zero-order valence-electron chi connectivity index (χ0n) is 14.6. The molecule has 2 aromatic carbocycles. The molecule has 0 spiro atoms. The molecule has 0 radical (unpaired) electrons. The van der Waals surface area contributed by atoms with Gasteiger partial charge in [-0.3, -0.25) is 4.21 Å². The summed E-state index contributed by atoms with van der Waals surface area (Å²) >= 11 is 0. The Kier molecular flexibility index (Phi) is 5.52. The van der Waals surface area contributed by atoms with Crippen molar-refractivity contribution in [3.63, 3.8) is 0 Å². The van der Waals surface area contributed by atoms with Crippen molar-refractivity contribution in [2.75, 3.05) is 12.8 Å². The van der Waals surface area contributed by atoms with Crippen LogP contribution in [0, 0.1) is 0 Å². The zero-order chi connectivity index (χ0) is 17.0. The largest absolute Gasteiger partial charge is 0.309 e. The van der Waals surface area contributed by atoms with Crippen LogP contribution >= 0.6 is 0 Å². The molecule has 128 valence electrons. The van der Waals surface area contributed by atoms with Gasteiger partial charge in [-0.2, -0.15) is 0 Å². The summed E-state index contributed by atoms with van der Waals surface area (Å²) < 4.78 is 11.5. The highest BCUT2D eigenvalue weighted by atomic mass is 32.2. The Morgan fingerprint density at radius 1 is 1.04 bits per heavy atom. The quantitative estimate of drug-likeness (QED) is 0.833. The Hall–Kier alpha value is -1.45. The average molecular weight is 342 g/mol. The third-order valence-corrected chi connectivity index (χ3v) is 6.34. The molecule has 0 unspecified atom stereocenters. The fourth-order valence-corrected chi connectivity index (χ4v) is 4.34. The summed E-state index contributed by atoms with van der Waals surface area (Å²) in [5, 5.41) is 3.75. The molecule has 1 aliphatic carbocycles. The molecule has 1 aliphatic rings. The van der Waals surface area contributed by atoms with E-state index in [1.807, 2.05) is 12.1 Å². The third-order valence-electron chi connectivity index (χ3n) is 5.41. The van der Waals surface area contributed by atoms with E-state index in [4.69, 9.17) is 0 Å². The lowest BCUT2D eigenvalue weighted by Gasteiger charge is -2.32. The van der Waals surface area contributed by atoms with Crippen molar-refractivity contribution in [3.05, 3.63) is 65.7 Å². The van der Waals surface area contributed by atoms with Gasteiger partial charge in [-0.05, 0) is 43.0 Å². The summed E-state index contributed by atoms with van der Waals surface area (Å²) in [7, 11) is -0.908. The van der Waals surface area contributed by atoms with E-state index in [1.165, 1.54) is 36.8 Å². The van der Waals surface area contributed by atoms with Crippen LogP contribution in [0.15, 0.2) is 59.5 Å². The second kappa shape index (κ2) is 7.62. The first-order chi connectivity index (χ1) is 11.6. The highest BCUT2D eigenvalue weighted by molar-refractivity contribution is 7.84. The summed E-state index contributed by atoms with van der Waals surface area (Å²) in [5.74, 6) is 0. The standard InChI is InChI=1S/C21H27NOS/c1-17(18-10-12-20(13-11-18)24(2)23)22-16-21(14-6-7-15-21)19-8-4-3-5-9-19/h3-5,8-13,17,22H,6-7,14-16H2,1-2H3/t17-,24+/m0/s1. The average Bonchev–Trinajstić information content (AvgIpc) is 3.11. The maximum Gasteiger partial charge on any atom is 0.0498 e. The smallest absolute Gasteiger partial charge is 0.0498 e. The molecule has 2 aromatic rings. The van der Waals surface area contributed by atoms with Crippen LogP contribution in [0.2, 0.25) is 0 Å². The molecule has 1 N–H and O–H groups in total. The second-order valence-electron chi connectivity index (χ2n) is 6.98. The monoisotopic (exact) mass is 341 g/mol. The SMILES string of the molecule is C[C@H](NCC1(c2ccccc2)CCCC1)c1ccc([S@@](C)=O)cc1. The van der Waals surface area contributed by atoms with Crippen molar-refractivity contribution in [3.8, 4) is 0 Å². The minimum Gasteiger partial charge on any atom is -0.309 e. The van der Waals surface area contributed by atoms with E-state index in [1.54, 1.807) is 6.26 Å². The van der Waals surface area contributed by atoms with Gasteiger partial charge >= 0.3 is 0 Å². The van der Waals surface area contributed by atoms with Gasteiger partial charge < -0.3 is 5.32 Å². The number of nitrogens with one attached hydrogen (secondary N) is 1. The van der Waals surface area contributed by atoms with Gasteiger partial charge in [0.2, 0.25) is 0 Å². The molecule has 0 amide bonds. The van der Waals surface area contributed by atoms with Crippen molar-refractivity contribution in [1.82, 2.24) is 5.32 Å². The molecule has 3 heteroatoms. The highest BCUT2D eigenvalue weighted by Gasteiger charge is 2.35. The van der Waals surface area contributed by atoms with E-state index in [2.05, 4.69) is 54.7 Å². The predicted molar refractivity (Wildman–Crippen MR) is 102 cm³/mol. The first-order valence-corrected chi connectivity index (χ1v) is 10.4. The highest BCUT2D eigenvalue weighted by Crippen LogP contribution is 2.40. The number of benzene rings is 2. The second-order valence-corrected chi connectivity index (χ2v) is 8.36. The van der Waals surface area contributed by atoms with E-state index in [-0.39, 0.29) is 5.41 Å². The lowest BCUT2D eigenvalue weighted by molar-refractivity contribution is 0.383. The minimum atomic E-state index is -0.908. The molecule has 2 nitrogen and oxygen atoms in total. The predicted octanol–water partition coefficient (Wildman–Crippen LogP) is 4.59. The molecule has 0 bridgehead atoms. The van der Waals surface area contributed by atoms with Gasteiger partial charge in [-0.15, -0.1) is 0 Å². The summed E-state index contributed by atoms with van der Waals surface area (Å²) in [5.41, 5.74) is 3.00. The van der Waals surface area contributed by atoms with E-state index in [9.17, 15) is 4.21 Å².